The number of nitrogens with one attached hydrogen (secondary N) is 1. The van der Waals surface area contributed by atoms with Crippen molar-refractivity contribution in [1.82, 2.24) is 5.32 Å². The third-order valence-electron chi connectivity index (χ3n) is 5.25. The summed E-state index contributed by atoms with van der Waals surface area (Å²) < 4.78 is 11.0. The molecular formula is C21H26BCl2NO7. The molecule has 0 aromatic heterocycles. The molecule has 1 fully saturated rings. The van der Waals surface area contributed by atoms with Crippen LogP contribution in [0.5, 0.6) is 0 Å². The van der Waals surface area contributed by atoms with Crippen molar-refractivity contribution in [3.05, 3.63) is 33.8 Å². The lowest BCUT2D eigenvalue weighted by Gasteiger charge is -2.37. The lowest BCUT2D eigenvalue weighted by Crippen LogP contribution is -2.54. The van der Waals surface area contributed by atoms with Crippen LogP contribution in [0.25, 0.3) is 0 Å². The van der Waals surface area contributed by atoms with Crippen molar-refractivity contribution in [3.8, 4) is 0 Å². The van der Waals surface area contributed by atoms with Gasteiger partial charge in [0, 0.05) is 17.3 Å². The molecule has 1 unspecified atom stereocenters. The molecule has 1 saturated heterocycles. The van der Waals surface area contributed by atoms with Crippen LogP contribution in [0.15, 0.2) is 18.2 Å². The number of hydrogen-bond donors (Lipinski definition) is 2. The van der Waals surface area contributed by atoms with Gasteiger partial charge < -0.3 is 19.7 Å². The Morgan fingerprint density at radius 1 is 1.28 bits per heavy atom. The SMILES string of the molecule is CCC1(C(=O)O)CC(=O)OB([C@@H](CC(=O)CNC(=O)c2cc(Cl)ccc2Cl)CC(C)C)O1. The number of carbonyl (C=O) groups excluding carboxylic acids is 3. The zero-order valence-electron chi connectivity index (χ0n) is 18.2. The Balaban J connectivity index is 2.08. The second-order valence-corrected chi connectivity index (χ2v) is 9.09. The molecule has 1 aliphatic heterocycles. The van der Waals surface area contributed by atoms with Gasteiger partial charge in [0.25, 0.3) is 11.9 Å². The van der Waals surface area contributed by atoms with Gasteiger partial charge in [-0.1, -0.05) is 44.0 Å². The second kappa shape index (κ2) is 11.2. The lowest BCUT2D eigenvalue weighted by atomic mass is 9.63. The first-order chi connectivity index (χ1) is 15.0. The fourth-order valence-corrected chi connectivity index (χ4v) is 3.95. The molecule has 0 spiro atoms. The molecule has 1 heterocycles. The molecule has 1 aliphatic rings. The van der Waals surface area contributed by atoms with Gasteiger partial charge in [0.1, 0.15) is 0 Å². The molecule has 0 radical (unpaired) electrons. The highest BCUT2D eigenvalue weighted by Crippen LogP contribution is 2.35. The molecule has 0 bridgehead atoms. The summed E-state index contributed by atoms with van der Waals surface area (Å²) in [6, 6.07) is 4.43. The van der Waals surface area contributed by atoms with Crippen molar-refractivity contribution < 1.29 is 33.6 Å². The van der Waals surface area contributed by atoms with Gasteiger partial charge in [0.2, 0.25) is 0 Å². The van der Waals surface area contributed by atoms with Crippen LogP contribution >= 0.6 is 23.2 Å². The van der Waals surface area contributed by atoms with Crippen molar-refractivity contribution in [1.29, 1.82) is 0 Å². The number of ketones is 1. The largest absolute Gasteiger partial charge is 0.531 e. The van der Waals surface area contributed by atoms with Gasteiger partial charge >= 0.3 is 13.1 Å². The van der Waals surface area contributed by atoms with E-state index in [0.717, 1.165) is 0 Å². The maximum Gasteiger partial charge on any atom is 0.531 e. The molecule has 32 heavy (non-hydrogen) atoms. The Morgan fingerprint density at radius 2 is 1.97 bits per heavy atom. The maximum absolute atomic E-state index is 12.6. The van der Waals surface area contributed by atoms with E-state index in [1.54, 1.807) is 13.0 Å². The van der Waals surface area contributed by atoms with E-state index in [4.69, 9.17) is 32.5 Å². The van der Waals surface area contributed by atoms with Gasteiger partial charge in [-0.05, 0) is 37.0 Å². The van der Waals surface area contributed by atoms with E-state index in [1.807, 2.05) is 13.8 Å². The van der Waals surface area contributed by atoms with E-state index < -0.39 is 42.8 Å². The maximum atomic E-state index is 12.6. The molecule has 2 rings (SSSR count). The van der Waals surface area contributed by atoms with Crippen LogP contribution < -0.4 is 5.32 Å². The Morgan fingerprint density at radius 3 is 2.56 bits per heavy atom. The third-order valence-corrected chi connectivity index (χ3v) is 5.81. The van der Waals surface area contributed by atoms with Crippen LogP contribution in [0.4, 0.5) is 0 Å². The molecule has 1 amide bonds. The van der Waals surface area contributed by atoms with Gasteiger partial charge in [-0.15, -0.1) is 0 Å². The van der Waals surface area contributed by atoms with Crippen molar-refractivity contribution in [3.63, 3.8) is 0 Å². The van der Waals surface area contributed by atoms with Gasteiger partial charge in [-0.2, -0.15) is 0 Å². The zero-order chi connectivity index (χ0) is 24.1. The standard InChI is InChI=1S/C21H26BCl2NO7/c1-4-21(20(29)30)10-18(27)31-22(32-21)13(7-12(2)3)8-15(26)11-25-19(28)16-9-14(23)5-6-17(16)24/h5-6,9,12-13H,4,7-8,10-11H2,1-3H3,(H,25,28)(H,29,30)/t13-,21?/m1/s1. The average Bonchev–Trinajstić information content (AvgIpc) is 2.72. The first kappa shape index (κ1) is 26.2. The Labute approximate surface area is 197 Å². The fraction of sp³-hybridized carbons (Fsp3) is 0.524. The lowest BCUT2D eigenvalue weighted by molar-refractivity contribution is -0.171. The molecular weight excluding hydrogens is 460 g/mol. The highest BCUT2D eigenvalue weighted by Gasteiger charge is 2.52. The number of amides is 1. The molecule has 8 nitrogen and oxygen atoms in total. The molecule has 0 aliphatic carbocycles. The van der Waals surface area contributed by atoms with Crippen molar-refractivity contribution in [2.75, 3.05) is 6.54 Å². The van der Waals surface area contributed by atoms with Crippen LogP contribution in [0.1, 0.15) is 56.8 Å². The van der Waals surface area contributed by atoms with Gasteiger partial charge in [0.05, 0.1) is 23.6 Å². The first-order valence-corrected chi connectivity index (χ1v) is 11.1. The number of rotatable bonds is 10. The Kier molecular flexibility index (Phi) is 9.12. The predicted octanol–water partition coefficient (Wildman–Crippen LogP) is 3.78. The minimum atomic E-state index is -1.68. The Hall–Kier alpha value is -2.10. The van der Waals surface area contributed by atoms with E-state index >= 15 is 0 Å². The molecule has 0 saturated carbocycles. The number of carbonyl (C=O) groups is 4. The average molecular weight is 486 g/mol. The summed E-state index contributed by atoms with van der Waals surface area (Å²) in [6.07, 6.45) is 0.0666. The van der Waals surface area contributed by atoms with Crippen LogP contribution in [-0.4, -0.2) is 48.0 Å². The zero-order valence-corrected chi connectivity index (χ0v) is 19.7. The number of aliphatic carboxylic acids is 1. The summed E-state index contributed by atoms with van der Waals surface area (Å²) in [5.74, 6) is -3.26. The summed E-state index contributed by atoms with van der Waals surface area (Å²) >= 11 is 11.9. The topological polar surface area (TPSA) is 119 Å². The number of halogens is 2. The fourth-order valence-electron chi connectivity index (χ4n) is 3.58. The third kappa shape index (κ3) is 6.70. The minimum absolute atomic E-state index is 0.0703. The van der Waals surface area contributed by atoms with E-state index in [-0.39, 0.29) is 41.7 Å². The Bertz CT molecular complexity index is 895. The summed E-state index contributed by atoms with van der Waals surface area (Å²) in [5, 5.41) is 12.6. The number of hydrogen-bond acceptors (Lipinski definition) is 6. The monoisotopic (exact) mass is 485 g/mol. The summed E-state index contributed by atoms with van der Waals surface area (Å²) in [4.78, 5) is 48.9. The normalized spacial score (nSPS) is 19.4. The molecule has 2 N–H and O–H groups in total. The smallest absolute Gasteiger partial charge is 0.509 e. The minimum Gasteiger partial charge on any atom is -0.509 e. The number of carboxylic acids is 1. The van der Waals surface area contributed by atoms with Crippen molar-refractivity contribution >= 4 is 53.9 Å². The van der Waals surface area contributed by atoms with E-state index in [2.05, 4.69) is 5.32 Å². The summed E-state index contributed by atoms with van der Waals surface area (Å²) in [6.45, 7) is 5.18. The highest BCUT2D eigenvalue weighted by molar-refractivity contribution is 6.50. The van der Waals surface area contributed by atoms with Crippen LogP contribution in [0.2, 0.25) is 15.9 Å². The summed E-state index contributed by atoms with van der Waals surface area (Å²) in [7, 11) is -1.17. The van der Waals surface area contributed by atoms with E-state index in [1.165, 1.54) is 12.1 Å². The first-order valence-electron chi connectivity index (χ1n) is 10.3. The van der Waals surface area contributed by atoms with Crippen LogP contribution in [0.3, 0.4) is 0 Å². The van der Waals surface area contributed by atoms with Crippen LogP contribution in [-0.2, 0) is 23.7 Å². The molecule has 11 heteroatoms. The van der Waals surface area contributed by atoms with Gasteiger partial charge in [-0.3, -0.25) is 14.4 Å². The molecule has 1 aromatic carbocycles. The van der Waals surface area contributed by atoms with Gasteiger partial charge in [0.15, 0.2) is 11.4 Å². The molecule has 174 valence electrons. The van der Waals surface area contributed by atoms with Gasteiger partial charge in [-0.25, -0.2) is 4.79 Å². The summed E-state index contributed by atoms with van der Waals surface area (Å²) in [5.41, 5.74) is -1.54. The van der Waals surface area contributed by atoms with Crippen molar-refractivity contribution in [2.24, 2.45) is 5.92 Å². The number of Topliss-reactive ketones (excluding diaryl/α,β-unsaturated/α-hetero) is 1. The van der Waals surface area contributed by atoms with E-state index in [9.17, 15) is 24.3 Å². The van der Waals surface area contributed by atoms with E-state index in [0.29, 0.717) is 11.4 Å². The second-order valence-electron chi connectivity index (χ2n) is 8.25. The number of carboxylic acid groups (broad SMARTS) is 1. The predicted molar refractivity (Wildman–Crippen MR) is 120 cm³/mol. The van der Waals surface area contributed by atoms with Crippen LogP contribution in [0, 0.1) is 5.92 Å². The van der Waals surface area contributed by atoms with Crippen molar-refractivity contribution in [2.45, 2.75) is 57.9 Å². The molecule has 2 atom stereocenters. The highest BCUT2D eigenvalue weighted by atomic mass is 35.5. The number of benzene rings is 1. The molecule has 1 aromatic rings. The quantitative estimate of drug-likeness (QED) is 0.484.